The zero-order chi connectivity index (χ0) is 3.58. The fourth-order valence-corrected chi connectivity index (χ4v) is 0. The Kier molecular flexibility index (Phi) is 8.84. The summed E-state index contributed by atoms with van der Waals surface area (Å²) >= 11 is -3.29. The average molecular weight is 206 g/mol. The van der Waals surface area contributed by atoms with Gasteiger partial charge in [-0.2, -0.15) is 0 Å². The molecule has 5 heavy (non-hydrogen) atoms. The van der Waals surface area contributed by atoms with E-state index in [1.54, 1.807) is 0 Å². The van der Waals surface area contributed by atoms with Crippen molar-refractivity contribution in [1.82, 2.24) is 0 Å². The Morgan fingerprint density at radius 3 is 1.40 bits per heavy atom. The molecule has 0 aromatic carbocycles. The van der Waals surface area contributed by atoms with E-state index >= 15 is 0 Å². The predicted molar refractivity (Wildman–Crippen MR) is 22.2 cm³/mol. The third-order valence-electron chi connectivity index (χ3n) is 0. The number of hydrogen-bond donors (Lipinski definition) is 2. The topological polar surface area (TPSA) is 57.5 Å². The van der Waals surface area contributed by atoms with Crippen LogP contribution in [0.25, 0.3) is 0 Å². The number of hydrogen-bond acceptors (Lipinski definition) is 1. The van der Waals surface area contributed by atoms with Crippen LogP contribution in [0.2, 0.25) is 0 Å². The van der Waals surface area contributed by atoms with Crippen LogP contribution in [0.15, 0.2) is 0 Å². The molecule has 0 radical (unpaired) electrons. The monoisotopic (exact) mass is 208 g/mol. The van der Waals surface area contributed by atoms with Gasteiger partial charge in [-0.1, -0.05) is 0 Å². The van der Waals surface area contributed by atoms with Crippen LogP contribution in [0.5, 0.6) is 0 Å². The molecular weight excluding hydrogens is 200 g/mol. The Balaban J connectivity index is 0. The second-order valence-corrected chi connectivity index (χ2v) is 1.20. The van der Waals surface area contributed by atoms with Gasteiger partial charge >= 0.3 is 44.3 Å². The summed E-state index contributed by atoms with van der Waals surface area (Å²) in [4.78, 5) is 0. The quantitative estimate of drug-likeness (QED) is 0.413. The van der Waals surface area contributed by atoms with Crippen molar-refractivity contribution in [1.29, 1.82) is 0 Å². The van der Waals surface area contributed by atoms with Crippen LogP contribution in [-0.2, 0) is 3.83 Å². The summed E-state index contributed by atoms with van der Waals surface area (Å²) in [5.74, 6) is 0. The molecule has 0 amide bonds. The van der Waals surface area contributed by atoms with Crippen molar-refractivity contribution in [2.75, 3.05) is 0 Å². The molecule has 0 heterocycles. The van der Waals surface area contributed by atoms with E-state index in [0.29, 0.717) is 0 Å². The van der Waals surface area contributed by atoms with Gasteiger partial charge in [0.15, 0.2) is 0 Å². The predicted octanol–water partition coefficient (Wildman–Crippen LogP) is -3.07. The van der Waals surface area contributed by atoms with Gasteiger partial charge in [-0.15, -0.1) is 0 Å². The Hall–Kier alpha value is 0.782. The summed E-state index contributed by atoms with van der Waals surface area (Å²) in [5, 5.41) is 0. The minimum absolute atomic E-state index is 0. The van der Waals surface area contributed by atoms with Crippen LogP contribution in [-0.4, -0.2) is 40.5 Å². The SMILES string of the molecule is O=[Se](O)O.[GeH4]. The molecule has 0 aliphatic heterocycles. The van der Waals surface area contributed by atoms with Crippen LogP contribution >= 0.6 is 0 Å². The molecule has 0 bridgehead atoms. The third-order valence-corrected chi connectivity index (χ3v) is 0. The van der Waals surface area contributed by atoms with Crippen molar-refractivity contribution < 1.29 is 12.2 Å². The maximum atomic E-state index is 8.76. The van der Waals surface area contributed by atoms with Gasteiger partial charge in [0.1, 0.15) is 0 Å². The standard InChI is InChI=1S/GeH4.H2O3Se/c;1-4(2)3/h1H4;(H2,1,2,3). The average Bonchev–Trinajstić information content (AvgIpc) is 0.811. The summed E-state index contributed by atoms with van der Waals surface area (Å²) in [5.41, 5.74) is 0. The van der Waals surface area contributed by atoms with Crippen molar-refractivity contribution in [3.63, 3.8) is 0 Å². The fraction of sp³-hybridized carbons (Fsp3) is 0. The van der Waals surface area contributed by atoms with Crippen molar-refractivity contribution >= 4 is 32.1 Å². The fourth-order valence-electron chi connectivity index (χ4n) is 0. The van der Waals surface area contributed by atoms with Crippen molar-refractivity contribution in [2.24, 2.45) is 0 Å². The zero-order valence-electron chi connectivity index (χ0n) is 1.71. The first-order valence-electron chi connectivity index (χ1n) is 0.532. The van der Waals surface area contributed by atoms with Gasteiger partial charge < -0.3 is 0 Å². The molecule has 5 heteroatoms. The van der Waals surface area contributed by atoms with Gasteiger partial charge in [0.2, 0.25) is 0 Å². The molecular formula is H6GeO3Se. The summed E-state index contributed by atoms with van der Waals surface area (Å²) < 4.78 is 23.1. The summed E-state index contributed by atoms with van der Waals surface area (Å²) in [7, 11) is 0. The van der Waals surface area contributed by atoms with Crippen molar-refractivity contribution in [3.05, 3.63) is 0 Å². The second-order valence-electron chi connectivity index (χ2n) is 0.231. The molecule has 0 aromatic heterocycles. The van der Waals surface area contributed by atoms with Crippen LogP contribution in [0.3, 0.4) is 0 Å². The molecule has 34 valence electrons. The van der Waals surface area contributed by atoms with Crippen LogP contribution in [0.1, 0.15) is 0 Å². The molecule has 0 aliphatic carbocycles. The van der Waals surface area contributed by atoms with Crippen LogP contribution in [0, 0.1) is 0 Å². The summed E-state index contributed by atoms with van der Waals surface area (Å²) in [6, 6.07) is 0. The van der Waals surface area contributed by atoms with Gasteiger partial charge in [0.25, 0.3) is 0 Å². The molecule has 3 nitrogen and oxygen atoms in total. The van der Waals surface area contributed by atoms with Crippen LogP contribution in [0.4, 0.5) is 0 Å². The third kappa shape index (κ3) is 60.5. The first-order valence-corrected chi connectivity index (χ1v) is 2.76. The Bertz CT molecular complexity index is 29.9. The van der Waals surface area contributed by atoms with Gasteiger partial charge in [-0.25, -0.2) is 0 Å². The van der Waals surface area contributed by atoms with Gasteiger partial charge in [-0.3, -0.25) is 0 Å². The molecule has 0 aromatic rings. The van der Waals surface area contributed by atoms with Crippen molar-refractivity contribution in [2.45, 2.75) is 0 Å². The summed E-state index contributed by atoms with van der Waals surface area (Å²) in [6.07, 6.45) is 0. The Labute approximate surface area is 44.7 Å². The van der Waals surface area contributed by atoms with E-state index in [4.69, 9.17) is 12.2 Å². The Morgan fingerprint density at radius 1 is 1.40 bits per heavy atom. The van der Waals surface area contributed by atoms with Crippen molar-refractivity contribution in [3.8, 4) is 0 Å². The summed E-state index contributed by atoms with van der Waals surface area (Å²) in [6.45, 7) is 0. The molecule has 0 saturated carbocycles. The molecule has 0 rings (SSSR count). The molecule has 0 fully saturated rings. The molecule has 0 atom stereocenters. The molecule has 0 unspecified atom stereocenters. The first kappa shape index (κ1) is 9.24. The second kappa shape index (κ2) is 4.78. The van der Waals surface area contributed by atoms with E-state index in [-0.39, 0.29) is 17.6 Å². The normalized spacial score (nSPS) is 7.00. The molecule has 0 aliphatic rings. The molecule has 2 N–H and O–H groups in total. The van der Waals surface area contributed by atoms with Crippen LogP contribution < -0.4 is 0 Å². The maximum absolute atomic E-state index is 8.76. The van der Waals surface area contributed by atoms with E-state index in [0.717, 1.165) is 0 Å². The zero-order valence-corrected chi connectivity index (χ0v) is 3.42. The van der Waals surface area contributed by atoms with E-state index < -0.39 is 14.5 Å². The van der Waals surface area contributed by atoms with E-state index in [1.807, 2.05) is 0 Å². The first-order chi connectivity index (χ1) is 1.73. The van der Waals surface area contributed by atoms with E-state index in [1.165, 1.54) is 0 Å². The van der Waals surface area contributed by atoms with Gasteiger partial charge in [-0.05, 0) is 0 Å². The molecule has 0 spiro atoms. The number of rotatable bonds is 0. The van der Waals surface area contributed by atoms with Gasteiger partial charge in [0, 0.05) is 0 Å². The molecule has 0 saturated heterocycles. The van der Waals surface area contributed by atoms with E-state index in [2.05, 4.69) is 0 Å². The minimum atomic E-state index is -3.29. The van der Waals surface area contributed by atoms with E-state index in [9.17, 15) is 0 Å². The Morgan fingerprint density at radius 2 is 1.40 bits per heavy atom. The van der Waals surface area contributed by atoms with Gasteiger partial charge in [0.05, 0.1) is 0 Å².